The highest BCUT2D eigenvalue weighted by molar-refractivity contribution is 5.92. The normalized spacial score (nSPS) is 13.9. The number of fused-ring (bicyclic) bond motifs is 2. The topological polar surface area (TPSA) is 106 Å². The molecule has 0 unspecified atom stereocenters. The second-order valence-corrected chi connectivity index (χ2v) is 7.06. The number of hydrogen-bond acceptors (Lipinski definition) is 7. The number of aromatic nitrogens is 7. The fourth-order valence-electron chi connectivity index (χ4n) is 3.26. The van der Waals surface area contributed by atoms with Gasteiger partial charge in [0.15, 0.2) is 11.3 Å². The molecule has 10 nitrogen and oxygen atoms in total. The van der Waals surface area contributed by atoms with Gasteiger partial charge in [-0.05, 0) is 25.8 Å². The summed E-state index contributed by atoms with van der Waals surface area (Å²) in [5, 5.41) is 12.1. The van der Waals surface area contributed by atoms with Crippen molar-refractivity contribution in [2.75, 3.05) is 17.3 Å². The van der Waals surface area contributed by atoms with Crippen LogP contribution < -0.4 is 10.2 Å². The van der Waals surface area contributed by atoms with Gasteiger partial charge < -0.3 is 10.2 Å². The van der Waals surface area contributed by atoms with Crippen LogP contribution in [0.5, 0.6) is 0 Å². The van der Waals surface area contributed by atoms with Gasteiger partial charge in [0.25, 0.3) is 0 Å². The molecule has 1 amide bonds. The van der Waals surface area contributed by atoms with E-state index in [0.29, 0.717) is 29.0 Å². The second-order valence-electron chi connectivity index (χ2n) is 7.06. The summed E-state index contributed by atoms with van der Waals surface area (Å²) >= 11 is 0. The zero-order valence-corrected chi connectivity index (χ0v) is 15.6. The molecule has 0 aliphatic heterocycles. The molecule has 142 valence electrons. The molecule has 1 aliphatic carbocycles. The zero-order chi connectivity index (χ0) is 19.3. The van der Waals surface area contributed by atoms with E-state index in [9.17, 15) is 4.79 Å². The number of anilines is 2. The first-order valence-corrected chi connectivity index (χ1v) is 9.10. The number of amides is 1. The maximum atomic E-state index is 12.6. The Morgan fingerprint density at radius 3 is 2.93 bits per heavy atom. The van der Waals surface area contributed by atoms with E-state index >= 15 is 0 Å². The van der Waals surface area contributed by atoms with E-state index < -0.39 is 0 Å². The van der Waals surface area contributed by atoms with Crippen LogP contribution in [0, 0.1) is 6.92 Å². The van der Waals surface area contributed by atoms with Crippen molar-refractivity contribution >= 4 is 34.2 Å². The van der Waals surface area contributed by atoms with Crippen LogP contribution in [0.2, 0.25) is 0 Å². The molecule has 0 spiro atoms. The Morgan fingerprint density at radius 1 is 1.25 bits per heavy atom. The van der Waals surface area contributed by atoms with E-state index in [2.05, 4.69) is 35.4 Å². The lowest BCUT2D eigenvalue weighted by Gasteiger charge is -2.15. The first kappa shape index (κ1) is 16.6. The van der Waals surface area contributed by atoms with Crippen molar-refractivity contribution in [2.45, 2.75) is 32.4 Å². The summed E-state index contributed by atoms with van der Waals surface area (Å²) in [6, 6.07) is 4.14. The number of carbonyl (C=O) groups excluding carboxylic acids is 1. The summed E-state index contributed by atoms with van der Waals surface area (Å²) in [6.07, 6.45) is 7.24. The Bertz CT molecular complexity index is 1190. The van der Waals surface area contributed by atoms with Crippen LogP contribution in [0.15, 0.2) is 30.9 Å². The lowest BCUT2D eigenvalue weighted by molar-refractivity contribution is -0.116. The van der Waals surface area contributed by atoms with Gasteiger partial charge in [-0.15, -0.1) is 0 Å². The maximum Gasteiger partial charge on any atom is 0.246 e. The Hall–Kier alpha value is -3.56. The quantitative estimate of drug-likeness (QED) is 0.560. The molecular formula is C18H19N9O. The molecule has 4 aromatic rings. The van der Waals surface area contributed by atoms with E-state index in [4.69, 9.17) is 0 Å². The van der Waals surface area contributed by atoms with E-state index in [0.717, 1.165) is 23.9 Å². The molecule has 4 heterocycles. The molecule has 0 atom stereocenters. The average Bonchev–Trinajstić information content (AvgIpc) is 3.29. The molecule has 1 fully saturated rings. The third-order valence-corrected chi connectivity index (χ3v) is 4.91. The van der Waals surface area contributed by atoms with Crippen molar-refractivity contribution in [1.82, 2.24) is 34.3 Å². The number of nitrogens with one attached hydrogen (secondary N) is 1. The van der Waals surface area contributed by atoms with Crippen LogP contribution in [-0.2, 0) is 11.3 Å². The van der Waals surface area contributed by atoms with Crippen LogP contribution >= 0.6 is 0 Å². The Labute approximate surface area is 160 Å². The van der Waals surface area contributed by atoms with Crippen LogP contribution in [0.1, 0.15) is 18.5 Å². The van der Waals surface area contributed by atoms with Crippen molar-refractivity contribution in [3.8, 4) is 0 Å². The fraction of sp³-hybridized carbons (Fsp3) is 0.333. The average molecular weight is 377 g/mol. The summed E-state index contributed by atoms with van der Waals surface area (Å²) in [4.78, 5) is 27.9. The van der Waals surface area contributed by atoms with Crippen LogP contribution in [0.3, 0.4) is 0 Å². The smallest absolute Gasteiger partial charge is 0.246 e. The van der Waals surface area contributed by atoms with E-state index in [1.807, 2.05) is 20.0 Å². The first-order chi connectivity index (χ1) is 13.6. The van der Waals surface area contributed by atoms with Gasteiger partial charge in [-0.3, -0.25) is 4.79 Å². The molecule has 1 N–H and O–H groups in total. The minimum absolute atomic E-state index is 0.0595. The van der Waals surface area contributed by atoms with Crippen molar-refractivity contribution in [3.63, 3.8) is 0 Å². The Balaban J connectivity index is 1.37. The molecule has 5 rings (SSSR count). The summed E-state index contributed by atoms with van der Waals surface area (Å²) < 4.78 is 3.31. The summed E-state index contributed by atoms with van der Waals surface area (Å²) in [5.74, 6) is 0.467. The second kappa shape index (κ2) is 6.25. The van der Waals surface area contributed by atoms with Gasteiger partial charge in [0.2, 0.25) is 11.9 Å². The fourth-order valence-corrected chi connectivity index (χ4v) is 3.26. The number of nitrogens with zero attached hydrogens (tertiary/aromatic N) is 8. The number of aryl methyl sites for hydroxylation is 1. The van der Waals surface area contributed by atoms with Crippen LogP contribution in [-0.4, -0.2) is 53.3 Å². The van der Waals surface area contributed by atoms with Gasteiger partial charge in [-0.2, -0.15) is 15.2 Å². The lowest BCUT2D eigenvalue weighted by atomic mass is 10.3. The van der Waals surface area contributed by atoms with Gasteiger partial charge in [-0.1, -0.05) is 0 Å². The van der Waals surface area contributed by atoms with Gasteiger partial charge in [0, 0.05) is 36.7 Å². The summed E-state index contributed by atoms with van der Waals surface area (Å²) in [5.41, 5.74) is 2.88. The van der Waals surface area contributed by atoms with Gasteiger partial charge in [-0.25, -0.2) is 19.2 Å². The minimum Gasteiger partial charge on any atom is -0.341 e. The molecule has 0 bridgehead atoms. The standard InChI is InChI=1S/C18H19N9O/c1-11-5-13(6-15-20-10-22-27(11)15)23-16(28)9-26-17-12(8-21-26)7-19-18(24-17)25(2)14-3-4-14/h5-8,10,14H,3-4,9H2,1-2H3,(H,23,28). The van der Waals surface area contributed by atoms with E-state index in [1.54, 1.807) is 27.7 Å². The molecule has 0 radical (unpaired) electrons. The molecule has 1 aliphatic rings. The number of carbonyl (C=O) groups is 1. The Kier molecular flexibility index (Phi) is 3.71. The van der Waals surface area contributed by atoms with E-state index in [-0.39, 0.29) is 12.5 Å². The molecule has 4 aromatic heterocycles. The van der Waals surface area contributed by atoms with Crippen molar-refractivity contribution in [1.29, 1.82) is 0 Å². The number of rotatable bonds is 5. The summed E-state index contributed by atoms with van der Waals surface area (Å²) in [6.45, 7) is 1.97. The molecule has 1 saturated carbocycles. The number of hydrogen-bond donors (Lipinski definition) is 1. The highest BCUT2D eigenvalue weighted by atomic mass is 16.2. The lowest BCUT2D eigenvalue weighted by Crippen LogP contribution is -2.23. The summed E-state index contributed by atoms with van der Waals surface area (Å²) in [7, 11) is 2.00. The van der Waals surface area contributed by atoms with Gasteiger partial charge >= 0.3 is 0 Å². The van der Waals surface area contributed by atoms with Crippen molar-refractivity contribution in [3.05, 3.63) is 36.5 Å². The van der Waals surface area contributed by atoms with Gasteiger partial charge in [0.05, 0.1) is 11.6 Å². The Morgan fingerprint density at radius 2 is 2.11 bits per heavy atom. The first-order valence-electron chi connectivity index (χ1n) is 9.10. The predicted octanol–water partition coefficient (Wildman–Crippen LogP) is 1.41. The SMILES string of the molecule is Cc1cc(NC(=O)Cn2ncc3cnc(N(C)C4CC4)nc32)cc2ncnn12. The largest absolute Gasteiger partial charge is 0.341 e. The third kappa shape index (κ3) is 2.92. The predicted molar refractivity (Wildman–Crippen MR) is 103 cm³/mol. The maximum absolute atomic E-state index is 12.6. The molecule has 10 heteroatoms. The highest BCUT2D eigenvalue weighted by Crippen LogP contribution is 2.28. The number of pyridine rings is 1. The van der Waals surface area contributed by atoms with Crippen LogP contribution in [0.4, 0.5) is 11.6 Å². The van der Waals surface area contributed by atoms with E-state index in [1.165, 1.54) is 6.33 Å². The monoisotopic (exact) mass is 377 g/mol. The molecule has 0 aromatic carbocycles. The third-order valence-electron chi connectivity index (χ3n) is 4.91. The van der Waals surface area contributed by atoms with Crippen molar-refractivity contribution in [2.24, 2.45) is 0 Å². The van der Waals surface area contributed by atoms with Crippen molar-refractivity contribution < 1.29 is 4.79 Å². The minimum atomic E-state index is -0.191. The van der Waals surface area contributed by atoms with Gasteiger partial charge in [0.1, 0.15) is 12.9 Å². The molecule has 0 saturated heterocycles. The molecular weight excluding hydrogens is 358 g/mol. The van der Waals surface area contributed by atoms with Crippen LogP contribution in [0.25, 0.3) is 16.7 Å². The highest BCUT2D eigenvalue weighted by Gasteiger charge is 2.28. The zero-order valence-electron chi connectivity index (χ0n) is 15.6. The molecule has 28 heavy (non-hydrogen) atoms.